The van der Waals surface area contributed by atoms with Gasteiger partial charge in [-0.15, -0.1) is 0 Å². The van der Waals surface area contributed by atoms with E-state index in [0.717, 1.165) is 89.9 Å². The number of hydrogen-bond donors (Lipinski definition) is 6. The molecule has 7 unspecified atom stereocenters. The van der Waals surface area contributed by atoms with Gasteiger partial charge in [-0.3, -0.25) is 4.79 Å². The summed E-state index contributed by atoms with van der Waals surface area (Å²) in [5.41, 5.74) is 0. The number of aliphatic hydroxyl groups excluding tert-OH is 5. The monoisotopic (exact) mass is 1330 g/mol. The lowest BCUT2D eigenvalue weighted by Gasteiger charge is -2.40. The predicted molar refractivity (Wildman–Crippen MR) is 410 cm³/mol. The van der Waals surface area contributed by atoms with Crippen LogP contribution in [0.15, 0.2) is 122 Å². The second-order valence-electron chi connectivity index (χ2n) is 27.5. The Bertz CT molecular complexity index is 1930. The molecular weight excluding hydrogens is 1170 g/mol. The van der Waals surface area contributed by atoms with Gasteiger partial charge in [0.25, 0.3) is 0 Å². The van der Waals surface area contributed by atoms with E-state index in [1.807, 2.05) is 6.08 Å². The quantitative estimate of drug-likeness (QED) is 0.0261. The van der Waals surface area contributed by atoms with E-state index in [2.05, 4.69) is 129 Å². The van der Waals surface area contributed by atoms with Gasteiger partial charge in [0, 0.05) is 6.42 Å². The van der Waals surface area contributed by atoms with E-state index in [-0.39, 0.29) is 12.5 Å². The third kappa shape index (κ3) is 61.4. The molecule has 9 heteroatoms. The first kappa shape index (κ1) is 89.6. The standard InChI is InChI=1S/C86H151NO8/c1-3-5-7-9-11-13-15-17-19-21-23-25-27-29-31-33-35-36-37-38-39-40-41-42-43-44-46-48-50-52-54-56-58-60-62-64-66-68-70-72-74-76-82(90)87-79(78-94-86-85(93)84(92)83(91)81(77-88)95-86)80(89)75-73-71-69-67-65-63-61-59-57-55-53-51-49-47-45-34-32-30-28-26-24-22-20-18-16-14-12-10-8-6-4-2/h5,7,11,13,17,19,23,25,29,31,35-36,38-39,41-42,65,67,73,75,79-81,83-86,88-89,91-93H,3-4,6,8-10,12,14-16,18,20-22,24,26-28,30,32-34,37,40,43-64,66,68-72,74,76-78H2,1-2H3,(H,87,90)/b7-5-,13-11-,19-17-,25-23-,31-29-,36-35-,39-38-,42-41-,67-65+,75-73+. The summed E-state index contributed by atoms with van der Waals surface area (Å²) in [4.78, 5) is 13.2. The lowest BCUT2D eigenvalue weighted by Crippen LogP contribution is -2.60. The Morgan fingerprint density at radius 1 is 0.368 bits per heavy atom. The number of nitrogens with one attached hydrogen (secondary N) is 1. The zero-order chi connectivity index (χ0) is 68.5. The van der Waals surface area contributed by atoms with Crippen LogP contribution in [0.25, 0.3) is 0 Å². The Morgan fingerprint density at radius 3 is 1.01 bits per heavy atom. The van der Waals surface area contributed by atoms with Crippen molar-refractivity contribution in [1.82, 2.24) is 5.32 Å². The van der Waals surface area contributed by atoms with Crippen LogP contribution in [-0.2, 0) is 14.3 Å². The molecular formula is C86H151NO8. The van der Waals surface area contributed by atoms with Crippen molar-refractivity contribution in [3.05, 3.63) is 122 Å². The Hall–Kier alpha value is -3.41. The largest absolute Gasteiger partial charge is 0.394 e. The summed E-state index contributed by atoms with van der Waals surface area (Å²) in [5.74, 6) is -0.185. The molecule has 0 aromatic carbocycles. The second-order valence-corrected chi connectivity index (χ2v) is 27.5. The SMILES string of the molecule is CC/C=C\C/C=C\C/C=C\C/C=C\C/C=C\C/C=C\C/C=C\C/C=C\CCCCCCCCCCCCCCCCCCC(=O)NC(COC1OC(CO)C(O)C(O)C1O)C(O)/C=C/CC/C=C/CCCCCCCCCCCCCCCCCCCCCCCCCCC. The molecule has 548 valence electrons. The Morgan fingerprint density at radius 2 is 0.663 bits per heavy atom. The molecule has 7 atom stereocenters. The maximum Gasteiger partial charge on any atom is 0.220 e. The van der Waals surface area contributed by atoms with Crippen LogP contribution in [-0.4, -0.2) is 87.5 Å². The lowest BCUT2D eigenvalue weighted by atomic mass is 9.99. The number of rotatable bonds is 70. The van der Waals surface area contributed by atoms with E-state index >= 15 is 0 Å². The number of unbranched alkanes of at least 4 members (excludes halogenated alkanes) is 42. The molecule has 1 fully saturated rings. The van der Waals surface area contributed by atoms with Crippen molar-refractivity contribution in [2.24, 2.45) is 0 Å². The molecule has 0 saturated carbocycles. The maximum absolute atomic E-state index is 13.2. The Labute approximate surface area is 586 Å². The summed E-state index contributed by atoms with van der Waals surface area (Å²) in [5, 5.41) is 54.9. The van der Waals surface area contributed by atoms with Crippen LogP contribution in [0.3, 0.4) is 0 Å². The van der Waals surface area contributed by atoms with Gasteiger partial charge in [0.1, 0.15) is 24.4 Å². The molecule has 9 nitrogen and oxygen atoms in total. The molecule has 0 bridgehead atoms. The van der Waals surface area contributed by atoms with E-state index in [4.69, 9.17) is 9.47 Å². The molecule has 1 aliphatic rings. The van der Waals surface area contributed by atoms with Gasteiger partial charge < -0.3 is 40.3 Å². The van der Waals surface area contributed by atoms with Crippen LogP contribution in [0.4, 0.5) is 0 Å². The highest BCUT2D eigenvalue weighted by Gasteiger charge is 2.44. The molecule has 0 radical (unpaired) electrons. The first-order valence-electron chi connectivity index (χ1n) is 40.3. The number of hydrogen-bond acceptors (Lipinski definition) is 8. The maximum atomic E-state index is 13.2. The van der Waals surface area contributed by atoms with Gasteiger partial charge in [-0.1, -0.05) is 379 Å². The van der Waals surface area contributed by atoms with Gasteiger partial charge in [0.15, 0.2) is 6.29 Å². The molecule has 0 spiro atoms. The Kier molecular flexibility index (Phi) is 69.1. The number of aliphatic hydroxyl groups is 5. The van der Waals surface area contributed by atoms with Crippen molar-refractivity contribution < 1.29 is 39.8 Å². The number of allylic oxidation sites excluding steroid dienone is 19. The van der Waals surface area contributed by atoms with Crippen LogP contribution in [0, 0.1) is 0 Å². The van der Waals surface area contributed by atoms with Crippen LogP contribution >= 0.6 is 0 Å². The fraction of sp³-hybridized carbons (Fsp3) is 0.756. The van der Waals surface area contributed by atoms with Crippen molar-refractivity contribution in [3.8, 4) is 0 Å². The van der Waals surface area contributed by atoms with E-state index in [0.29, 0.717) is 6.42 Å². The molecule has 6 N–H and O–H groups in total. The number of carbonyl (C=O) groups is 1. The number of ether oxygens (including phenoxy) is 2. The molecule has 1 aliphatic heterocycles. The normalized spacial score (nSPS) is 18.2. The highest BCUT2D eigenvalue weighted by molar-refractivity contribution is 5.76. The number of carbonyl (C=O) groups excluding carboxylic acids is 1. The summed E-state index contributed by atoms with van der Waals surface area (Å²) in [6.07, 6.45) is 103. The van der Waals surface area contributed by atoms with E-state index in [1.54, 1.807) is 6.08 Å². The Balaban J connectivity index is 2.10. The first-order valence-corrected chi connectivity index (χ1v) is 40.3. The molecule has 0 aromatic heterocycles. The van der Waals surface area contributed by atoms with Gasteiger partial charge in [-0.25, -0.2) is 0 Å². The third-order valence-corrected chi connectivity index (χ3v) is 18.5. The molecule has 1 heterocycles. The minimum Gasteiger partial charge on any atom is -0.394 e. The first-order chi connectivity index (χ1) is 46.8. The van der Waals surface area contributed by atoms with Crippen LogP contribution in [0.5, 0.6) is 0 Å². The topological polar surface area (TPSA) is 149 Å². The van der Waals surface area contributed by atoms with Crippen molar-refractivity contribution in [2.75, 3.05) is 13.2 Å². The fourth-order valence-electron chi connectivity index (χ4n) is 12.3. The lowest BCUT2D eigenvalue weighted by molar-refractivity contribution is -0.302. The van der Waals surface area contributed by atoms with E-state index in [9.17, 15) is 30.3 Å². The smallest absolute Gasteiger partial charge is 0.220 e. The zero-order valence-electron chi connectivity index (χ0n) is 61.6. The average molecular weight is 1330 g/mol. The minimum atomic E-state index is -1.58. The van der Waals surface area contributed by atoms with Gasteiger partial charge in [-0.2, -0.15) is 0 Å². The van der Waals surface area contributed by atoms with Crippen LogP contribution < -0.4 is 5.32 Å². The molecule has 0 aromatic rings. The summed E-state index contributed by atoms with van der Waals surface area (Å²) in [6, 6.07) is -0.830. The summed E-state index contributed by atoms with van der Waals surface area (Å²) in [6.45, 7) is 3.69. The van der Waals surface area contributed by atoms with Crippen molar-refractivity contribution in [3.63, 3.8) is 0 Å². The highest BCUT2D eigenvalue weighted by Crippen LogP contribution is 2.24. The van der Waals surface area contributed by atoms with Crippen molar-refractivity contribution in [2.45, 2.75) is 403 Å². The summed E-state index contributed by atoms with van der Waals surface area (Å²) in [7, 11) is 0. The van der Waals surface area contributed by atoms with Crippen LogP contribution in [0.2, 0.25) is 0 Å². The zero-order valence-corrected chi connectivity index (χ0v) is 61.6. The molecule has 1 rings (SSSR count). The second kappa shape index (κ2) is 73.3. The van der Waals surface area contributed by atoms with Gasteiger partial charge in [0.05, 0.1) is 25.4 Å². The molecule has 95 heavy (non-hydrogen) atoms. The third-order valence-electron chi connectivity index (χ3n) is 18.5. The molecule has 1 amide bonds. The summed E-state index contributed by atoms with van der Waals surface area (Å²) < 4.78 is 11.3. The minimum absolute atomic E-state index is 0.185. The predicted octanol–water partition coefficient (Wildman–Crippen LogP) is 23.3. The average Bonchev–Trinajstić information content (AvgIpc) is 0.836. The number of amides is 1. The fourth-order valence-corrected chi connectivity index (χ4v) is 12.3. The highest BCUT2D eigenvalue weighted by atomic mass is 16.7. The molecule has 1 saturated heterocycles. The van der Waals surface area contributed by atoms with Crippen LogP contribution in [0.1, 0.15) is 361 Å². The molecule has 0 aliphatic carbocycles. The van der Waals surface area contributed by atoms with E-state index < -0.39 is 49.5 Å². The van der Waals surface area contributed by atoms with Gasteiger partial charge >= 0.3 is 0 Å². The van der Waals surface area contributed by atoms with Crippen molar-refractivity contribution >= 4 is 5.91 Å². The summed E-state index contributed by atoms with van der Waals surface area (Å²) >= 11 is 0. The van der Waals surface area contributed by atoms with Gasteiger partial charge in [0.2, 0.25) is 5.91 Å². The van der Waals surface area contributed by atoms with E-state index in [1.165, 1.54) is 250 Å². The van der Waals surface area contributed by atoms with Gasteiger partial charge in [-0.05, 0) is 96.3 Å². The van der Waals surface area contributed by atoms with Crippen molar-refractivity contribution in [1.29, 1.82) is 0 Å².